The number of hydrazone groups is 1. The first-order valence-corrected chi connectivity index (χ1v) is 6.50. The number of aromatic nitrogens is 3. The topological polar surface area (TPSA) is 84.3 Å². The van der Waals surface area contributed by atoms with Gasteiger partial charge in [-0.05, 0) is 37.3 Å². The number of hydrogen-bond donors (Lipinski definition) is 2. The molecule has 0 fully saturated rings. The molecule has 0 bridgehead atoms. The first-order valence-electron chi connectivity index (χ1n) is 6.09. The van der Waals surface area contributed by atoms with Gasteiger partial charge >= 0.3 is 0 Å². The summed E-state index contributed by atoms with van der Waals surface area (Å²) in [6, 6.07) is 8.99. The first-order chi connectivity index (χ1) is 10.2. The van der Waals surface area contributed by atoms with Crippen molar-refractivity contribution in [3.05, 3.63) is 42.2 Å². The van der Waals surface area contributed by atoms with Crippen molar-refractivity contribution in [3.63, 3.8) is 0 Å². The van der Waals surface area contributed by atoms with Crippen LogP contribution in [0.5, 0.6) is 5.88 Å². The molecule has 0 atom stereocenters. The van der Waals surface area contributed by atoms with E-state index in [-0.39, 0.29) is 0 Å². The van der Waals surface area contributed by atoms with Gasteiger partial charge in [-0.3, -0.25) is 10.4 Å². The zero-order chi connectivity index (χ0) is 15.1. The van der Waals surface area contributed by atoms with Gasteiger partial charge in [-0.25, -0.2) is 0 Å². The van der Waals surface area contributed by atoms with Crippen LogP contribution in [0.2, 0.25) is 0 Å². The molecular formula is C13H14N6OS. The van der Waals surface area contributed by atoms with E-state index in [1.807, 2.05) is 25.1 Å². The van der Waals surface area contributed by atoms with Crippen molar-refractivity contribution in [1.82, 2.24) is 20.6 Å². The molecule has 8 heteroatoms. The summed E-state index contributed by atoms with van der Waals surface area (Å²) in [5.74, 6) is 0.933. The Labute approximate surface area is 127 Å². The Hall–Kier alpha value is -2.61. The molecule has 0 amide bonds. The minimum Gasteiger partial charge on any atom is -0.480 e. The molecule has 0 aliphatic rings. The summed E-state index contributed by atoms with van der Waals surface area (Å²) >= 11 is 5.12. The minimum atomic E-state index is 0.310. The normalized spacial score (nSPS) is 10.9. The largest absolute Gasteiger partial charge is 0.480 e. The van der Waals surface area contributed by atoms with Crippen molar-refractivity contribution >= 4 is 28.9 Å². The molecule has 2 rings (SSSR count). The second kappa shape index (κ2) is 7.25. The Morgan fingerprint density at radius 1 is 1.24 bits per heavy atom. The number of pyridine rings is 1. The molecule has 0 unspecified atom stereocenters. The molecule has 0 spiro atoms. The molecular weight excluding hydrogens is 288 g/mol. The van der Waals surface area contributed by atoms with Crippen LogP contribution in [0.1, 0.15) is 12.6 Å². The molecule has 21 heavy (non-hydrogen) atoms. The quantitative estimate of drug-likeness (QED) is 0.504. The van der Waals surface area contributed by atoms with Gasteiger partial charge in [0.05, 0.1) is 18.5 Å². The standard InChI is InChI=1S/C13H14N6OS/c1-9(10-5-3-4-8-14-10)16-19-13(21)15-11-6-7-12(20-2)18-17-11/h3-8H,1-2H3,(H2,15,17,19,21)/b16-9+. The zero-order valence-corrected chi connectivity index (χ0v) is 12.4. The second-order valence-corrected chi connectivity index (χ2v) is 4.35. The van der Waals surface area contributed by atoms with E-state index in [9.17, 15) is 0 Å². The summed E-state index contributed by atoms with van der Waals surface area (Å²) in [6.07, 6.45) is 1.71. The molecule has 2 N–H and O–H groups in total. The van der Waals surface area contributed by atoms with Gasteiger partial charge in [-0.15, -0.1) is 10.2 Å². The lowest BCUT2D eigenvalue weighted by Gasteiger charge is -2.07. The van der Waals surface area contributed by atoms with Crippen LogP contribution in [-0.2, 0) is 0 Å². The van der Waals surface area contributed by atoms with Crippen molar-refractivity contribution < 1.29 is 4.74 Å². The molecule has 7 nitrogen and oxygen atoms in total. The van der Waals surface area contributed by atoms with Crippen molar-refractivity contribution in [1.29, 1.82) is 0 Å². The molecule has 0 aliphatic heterocycles. The van der Waals surface area contributed by atoms with Gasteiger partial charge in [0.25, 0.3) is 0 Å². The highest BCUT2D eigenvalue weighted by Gasteiger charge is 2.01. The van der Waals surface area contributed by atoms with Gasteiger partial charge in [0.1, 0.15) is 0 Å². The molecule has 2 heterocycles. The number of hydrogen-bond acceptors (Lipinski definition) is 6. The highest BCUT2D eigenvalue weighted by Crippen LogP contribution is 2.06. The summed E-state index contributed by atoms with van der Waals surface area (Å²) in [6.45, 7) is 1.84. The van der Waals surface area contributed by atoms with Gasteiger partial charge in [0.2, 0.25) is 5.88 Å². The first kappa shape index (κ1) is 14.8. The lowest BCUT2D eigenvalue weighted by Crippen LogP contribution is -2.25. The number of nitrogens with one attached hydrogen (secondary N) is 2. The smallest absolute Gasteiger partial charge is 0.233 e. The predicted molar refractivity (Wildman–Crippen MR) is 84.4 cm³/mol. The van der Waals surface area contributed by atoms with Crippen LogP contribution in [0.4, 0.5) is 5.82 Å². The van der Waals surface area contributed by atoms with E-state index in [0.717, 1.165) is 11.4 Å². The molecule has 108 valence electrons. The lowest BCUT2D eigenvalue weighted by molar-refractivity contribution is 0.392. The third-order valence-electron chi connectivity index (χ3n) is 2.45. The number of methoxy groups -OCH3 is 1. The van der Waals surface area contributed by atoms with Crippen molar-refractivity contribution in [2.45, 2.75) is 6.92 Å². The Bertz CT molecular complexity index is 629. The number of anilines is 1. The molecule has 0 saturated carbocycles. The maximum Gasteiger partial charge on any atom is 0.233 e. The fraction of sp³-hybridized carbons (Fsp3) is 0.154. The average Bonchev–Trinajstić information content (AvgIpc) is 2.54. The van der Waals surface area contributed by atoms with Crippen LogP contribution in [0.15, 0.2) is 41.6 Å². The Balaban J connectivity index is 1.92. The molecule has 2 aromatic rings. The van der Waals surface area contributed by atoms with Crippen molar-refractivity contribution in [2.75, 3.05) is 12.4 Å². The van der Waals surface area contributed by atoms with E-state index in [0.29, 0.717) is 16.8 Å². The second-order valence-electron chi connectivity index (χ2n) is 3.94. The van der Waals surface area contributed by atoms with Gasteiger partial charge in [-0.2, -0.15) is 5.10 Å². The Kier molecular flexibility index (Phi) is 5.10. The van der Waals surface area contributed by atoms with Crippen LogP contribution < -0.4 is 15.5 Å². The van der Waals surface area contributed by atoms with Crippen LogP contribution in [0.3, 0.4) is 0 Å². The van der Waals surface area contributed by atoms with E-state index < -0.39 is 0 Å². The highest BCUT2D eigenvalue weighted by molar-refractivity contribution is 7.80. The summed E-state index contributed by atoms with van der Waals surface area (Å²) in [4.78, 5) is 4.19. The third kappa shape index (κ3) is 4.46. The van der Waals surface area contributed by atoms with Crippen molar-refractivity contribution in [2.24, 2.45) is 5.10 Å². The predicted octanol–water partition coefficient (Wildman–Crippen LogP) is 1.59. The fourth-order valence-electron chi connectivity index (χ4n) is 1.41. The molecule has 0 saturated heterocycles. The molecule has 0 aromatic carbocycles. The van der Waals surface area contributed by atoms with E-state index in [1.165, 1.54) is 7.11 Å². The molecule has 0 radical (unpaired) electrons. The van der Waals surface area contributed by atoms with E-state index >= 15 is 0 Å². The van der Waals surface area contributed by atoms with Gasteiger partial charge in [-0.1, -0.05) is 6.07 Å². The molecule has 2 aromatic heterocycles. The summed E-state index contributed by atoms with van der Waals surface area (Å²) in [5, 5.41) is 15.1. The lowest BCUT2D eigenvalue weighted by atomic mass is 10.3. The van der Waals surface area contributed by atoms with Crippen LogP contribution in [0.25, 0.3) is 0 Å². The zero-order valence-electron chi connectivity index (χ0n) is 11.6. The van der Waals surface area contributed by atoms with Crippen LogP contribution >= 0.6 is 12.2 Å². The minimum absolute atomic E-state index is 0.310. The summed E-state index contributed by atoms with van der Waals surface area (Å²) in [7, 11) is 1.53. The van der Waals surface area contributed by atoms with Crippen LogP contribution in [-0.4, -0.2) is 33.1 Å². The van der Waals surface area contributed by atoms with Gasteiger partial charge in [0, 0.05) is 12.3 Å². The Morgan fingerprint density at radius 2 is 2.10 bits per heavy atom. The van der Waals surface area contributed by atoms with Gasteiger partial charge < -0.3 is 10.1 Å². The maximum atomic E-state index is 5.12. The van der Waals surface area contributed by atoms with E-state index in [1.54, 1.807) is 18.3 Å². The number of thiocarbonyl (C=S) groups is 1. The summed E-state index contributed by atoms with van der Waals surface area (Å²) < 4.78 is 4.92. The van der Waals surface area contributed by atoms with E-state index in [4.69, 9.17) is 17.0 Å². The van der Waals surface area contributed by atoms with E-state index in [2.05, 4.69) is 31.0 Å². The summed E-state index contributed by atoms with van der Waals surface area (Å²) in [5.41, 5.74) is 4.23. The average molecular weight is 302 g/mol. The number of nitrogens with zero attached hydrogens (tertiary/aromatic N) is 4. The number of rotatable bonds is 4. The maximum absolute atomic E-state index is 5.12. The van der Waals surface area contributed by atoms with Crippen molar-refractivity contribution in [3.8, 4) is 5.88 Å². The van der Waals surface area contributed by atoms with Gasteiger partial charge in [0.15, 0.2) is 10.9 Å². The third-order valence-corrected chi connectivity index (χ3v) is 2.64. The highest BCUT2D eigenvalue weighted by atomic mass is 32.1. The SMILES string of the molecule is COc1ccc(NC(=S)N/N=C(\C)c2ccccn2)nn1. The van der Waals surface area contributed by atoms with Crippen LogP contribution in [0, 0.1) is 0 Å². The Morgan fingerprint density at radius 3 is 2.71 bits per heavy atom. The molecule has 0 aliphatic carbocycles. The fourth-order valence-corrected chi connectivity index (χ4v) is 1.56. The number of ether oxygens (including phenoxy) is 1. The monoisotopic (exact) mass is 302 g/mol.